The number of benzene rings is 1. The van der Waals surface area contributed by atoms with Gasteiger partial charge in [-0.2, -0.15) is 5.10 Å². The smallest absolute Gasteiger partial charge is 0.244 e. The SMILES string of the molecule is Cc1ccc(C=CC(=O)NCc2cnn(-c3ccc(Cl)cc3)c2)o1. The van der Waals surface area contributed by atoms with Gasteiger partial charge in [0.1, 0.15) is 11.5 Å². The lowest BCUT2D eigenvalue weighted by Crippen LogP contribution is -2.19. The van der Waals surface area contributed by atoms with Crippen molar-refractivity contribution in [3.05, 3.63) is 77.0 Å². The highest BCUT2D eigenvalue weighted by molar-refractivity contribution is 6.30. The molecule has 1 amide bonds. The van der Waals surface area contributed by atoms with Gasteiger partial charge < -0.3 is 9.73 Å². The number of hydrogen-bond acceptors (Lipinski definition) is 3. The van der Waals surface area contributed by atoms with Crippen molar-refractivity contribution in [1.29, 1.82) is 0 Å². The van der Waals surface area contributed by atoms with Crippen molar-refractivity contribution in [2.24, 2.45) is 0 Å². The molecule has 0 spiro atoms. The standard InChI is InChI=1S/C18H16ClN3O2/c1-13-2-7-17(24-13)8-9-18(23)20-10-14-11-21-22(12-14)16-5-3-15(19)4-6-16/h2-9,11-12H,10H2,1H3,(H,20,23). The first-order chi connectivity index (χ1) is 11.6. The highest BCUT2D eigenvalue weighted by Crippen LogP contribution is 2.13. The number of amides is 1. The maximum atomic E-state index is 11.8. The third kappa shape index (κ3) is 4.14. The molecule has 6 heteroatoms. The predicted molar refractivity (Wildman–Crippen MR) is 92.9 cm³/mol. The van der Waals surface area contributed by atoms with Gasteiger partial charge in [0.05, 0.1) is 11.9 Å². The zero-order valence-electron chi connectivity index (χ0n) is 13.1. The molecule has 0 radical (unpaired) electrons. The van der Waals surface area contributed by atoms with Gasteiger partial charge in [-0.15, -0.1) is 0 Å². The van der Waals surface area contributed by atoms with E-state index in [9.17, 15) is 4.79 Å². The number of aryl methyl sites for hydroxylation is 1. The van der Waals surface area contributed by atoms with E-state index in [1.165, 1.54) is 6.08 Å². The van der Waals surface area contributed by atoms with Crippen LogP contribution in [0.5, 0.6) is 0 Å². The number of furan rings is 1. The van der Waals surface area contributed by atoms with Crippen LogP contribution in [0, 0.1) is 6.92 Å². The van der Waals surface area contributed by atoms with E-state index in [1.54, 1.807) is 29.1 Å². The second-order valence-corrected chi connectivity index (χ2v) is 5.71. The van der Waals surface area contributed by atoms with Gasteiger partial charge in [0.25, 0.3) is 0 Å². The van der Waals surface area contributed by atoms with Crippen LogP contribution in [-0.4, -0.2) is 15.7 Å². The summed E-state index contributed by atoms with van der Waals surface area (Å²) in [6.45, 7) is 2.25. The molecule has 3 aromatic rings. The van der Waals surface area contributed by atoms with E-state index in [-0.39, 0.29) is 5.91 Å². The number of nitrogens with zero attached hydrogens (tertiary/aromatic N) is 2. The lowest BCUT2D eigenvalue weighted by atomic mass is 10.3. The minimum Gasteiger partial charge on any atom is -0.462 e. The average molecular weight is 342 g/mol. The van der Waals surface area contributed by atoms with Gasteiger partial charge >= 0.3 is 0 Å². The predicted octanol–water partition coefficient (Wildman–Crippen LogP) is 3.76. The summed E-state index contributed by atoms with van der Waals surface area (Å²) in [5, 5.41) is 7.77. The van der Waals surface area contributed by atoms with Gasteiger partial charge in [-0.1, -0.05) is 11.6 Å². The van der Waals surface area contributed by atoms with Crippen LogP contribution in [0.15, 0.2) is 59.3 Å². The van der Waals surface area contributed by atoms with Gasteiger partial charge in [-0.25, -0.2) is 4.68 Å². The molecule has 0 saturated heterocycles. The van der Waals surface area contributed by atoms with Crippen LogP contribution in [-0.2, 0) is 11.3 Å². The molecule has 24 heavy (non-hydrogen) atoms. The fraction of sp³-hybridized carbons (Fsp3) is 0.111. The molecule has 0 aliphatic carbocycles. The van der Waals surface area contributed by atoms with E-state index >= 15 is 0 Å². The Morgan fingerprint density at radius 1 is 1.29 bits per heavy atom. The Labute approximate surface area is 144 Å². The van der Waals surface area contributed by atoms with Crippen molar-refractivity contribution in [3.8, 4) is 5.69 Å². The molecule has 5 nitrogen and oxygen atoms in total. The molecule has 0 fully saturated rings. The summed E-state index contributed by atoms with van der Waals surface area (Å²) in [5.74, 6) is 1.27. The molecule has 3 rings (SSSR count). The molecule has 0 aliphatic heterocycles. The first-order valence-electron chi connectivity index (χ1n) is 7.42. The lowest BCUT2D eigenvalue weighted by Gasteiger charge is -2.01. The van der Waals surface area contributed by atoms with Crippen LogP contribution in [0.4, 0.5) is 0 Å². The summed E-state index contributed by atoms with van der Waals surface area (Å²) in [4.78, 5) is 11.8. The summed E-state index contributed by atoms with van der Waals surface area (Å²) in [6, 6.07) is 11.0. The first kappa shape index (κ1) is 16.1. The molecule has 1 aromatic carbocycles. The second-order valence-electron chi connectivity index (χ2n) is 5.27. The van der Waals surface area contributed by atoms with Gasteiger partial charge in [0.2, 0.25) is 5.91 Å². The summed E-state index contributed by atoms with van der Waals surface area (Å²) < 4.78 is 7.10. The molecule has 0 saturated carbocycles. The lowest BCUT2D eigenvalue weighted by molar-refractivity contribution is -0.116. The van der Waals surface area contributed by atoms with Crippen LogP contribution in [0.3, 0.4) is 0 Å². The van der Waals surface area contributed by atoms with Gasteiger partial charge in [0.15, 0.2) is 0 Å². The van der Waals surface area contributed by atoms with Crippen molar-refractivity contribution in [3.63, 3.8) is 0 Å². The Bertz CT molecular complexity index is 863. The quantitative estimate of drug-likeness (QED) is 0.719. The Kier molecular flexibility index (Phi) is 4.82. The zero-order chi connectivity index (χ0) is 16.9. The van der Waals surface area contributed by atoms with Gasteiger partial charge in [0, 0.05) is 29.4 Å². The van der Waals surface area contributed by atoms with E-state index in [0.29, 0.717) is 17.3 Å². The minimum atomic E-state index is -0.191. The van der Waals surface area contributed by atoms with Crippen molar-refractivity contribution in [2.75, 3.05) is 0 Å². The number of nitrogens with one attached hydrogen (secondary N) is 1. The second kappa shape index (κ2) is 7.19. The number of halogens is 1. The van der Waals surface area contributed by atoms with E-state index in [2.05, 4.69) is 10.4 Å². The number of aromatic nitrogens is 2. The molecule has 1 N–H and O–H groups in total. The van der Waals surface area contributed by atoms with Crippen molar-refractivity contribution < 1.29 is 9.21 Å². The van der Waals surface area contributed by atoms with Crippen LogP contribution in [0.2, 0.25) is 5.02 Å². The summed E-state index contributed by atoms with van der Waals surface area (Å²) in [7, 11) is 0. The first-order valence-corrected chi connectivity index (χ1v) is 7.80. The van der Waals surface area contributed by atoms with Gasteiger partial charge in [-0.05, 0) is 49.4 Å². The molecule has 0 aliphatic rings. The molecule has 2 aromatic heterocycles. The molecular formula is C18H16ClN3O2. The Morgan fingerprint density at radius 3 is 2.79 bits per heavy atom. The fourth-order valence-corrected chi connectivity index (χ4v) is 2.26. The van der Waals surface area contributed by atoms with Crippen LogP contribution in [0.25, 0.3) is 11.8 Å². The fourth-order valence-electron chi connectivity index (χ4n) is 2.14. The zero-order valence-corrected chi connectivity index (χ0v) is 13.8. The Balaban J connectivity index is 1.56. The van der Waals surface area contributed by atoms with Crippen LogP contribution in [0.1, 0.15) is 17.1 Å². The summed E-state index contributed by atoms with van der Waals surface area (Å²) >= 11 is 5.87. The monoisotopic (exact) mass is 341 g/mol. The number of rotatable bonds is 5. The normalized spacial score (nSPS) is 11.1. The van der Waals surface area contributed by atoms with E-state index in [0.717, 1.165) is 17.0 Å². The largest absolute Gasteiger partial charge is 0.462 e. The highest BCUT2D eigenvalue weighted by Gasteiger charge is 2.03. The maximum absolute atomic E-state index is 11.8. The molecule has 0 unspecified atom stereocenters. The number of hydrogen-bond donors (Lipinski definition) is 1. The van der Waals surface area contributed by atoms with E-state index in [4.69, 9.17) is 16.0 Å². The summed E-state index contributed by atoms with van der Waals surface area (Å²) in [5.41, 5.74) is 1.81. The van der Waals surface area contributed by atoms with E-state index in [1.807, 2.05) is 37.4 Å². The summed E-state index contributed by atoms with van der Waals surface area (Å²) in [6.07, 6.45) is 6.67. The molecule has 122 valence electrons. The minimum absolute atomic E-state index is 0.191. The van der Waals surface area contributed by atoms with Gasteiger partial charge in [-0.3, -0.25) is 4.79 Å². The van der Waals surface area contributed by atoms with Crippen molar-refractivity contribution >= 4 is 23.6 Å². The van der Waals surface area contributed by atoms with E-state index < -0.39 is 0 Å². The topological polar surface area (TPSA) is 60.1 Å². The Hall–Kier alpha value is -2.79. The van der Waals surface area contributed by atoms with Crippen molar-refractivity contribution in [2.45, 2.75) is 13.5 Å². The van der Waals surface area contributed by atoms with Crippen molar-refractivity contribution in [1.82, 2.24) is 15.1 Å². The van der Waals surface area contributed by atoms with Crippen LogP contribution >= 0.6 is 11.6 Å². The number of carbonyl (C=O) groups excluding carboxylic acids is 1. The molecule has 2 heterocycles. The Morgan fingerprint density at radius 2 is 2.08 bits per heavy atom. The van der Waals surface area contributed by atoms with Crippen LogP contribution < -0.4 is 5.32 Å². The molecule has 0 atom stereocenters. The average Bonchev–Trinajstić information content (AvgIpc) is 3.21. The third-order valence-corrected chi connectivity index (χ3v) is 3.61. The number of carbonyl (C=O) groups is 1. The molecule has 0 bridgehead atoms. The highest BCUT2D eigenvalue weighted by atomic mass is 35.5. The maximum Gasteiger partial charge on any atom is 0.244 e. The third-order valence-electron chi connectivity index (χ3n) is 3.35. The molecular weight excluding hydrogens is 326 g/mol.